The van der Waals surface area contributed by atoms with Gasteiger partial charge in [-0.05, 0) is 29.9 Å². The van der Waals surface area contributed by atoms with Gasteiger partial charge < -0.3 is 10.3 Å². The first-order valence-corrected chi connectivity index (χ1v) is 9.13. The number of hydrogen-bond acceptors (Lipinski definition) is 2. The van der Waals surface area contributed by atoms with Crippen LogP contribution in [0.3, 0.4) is 0 Å². The van der Waals surface area contributed by atoms with Gasteiger partial charge >= 0.3 is 0 Å². The van der Waals surface area contributed by atoms with Crippen molar-refractivity contribution in [3.05, 3.63) is 71.5 Å². The minimum Gasteiger partial charge on any atom is -0.383 e. The van der Waals surface area contributed by atoms with Crippen LogP contribution in [0.4, 0.5) is 5.82 Å². The summed E-state index contributed by atoms with van der Waals surface area (Å²) in [5.74, 6) is 2.90. The number of nitrogens with two attached hydrogens (primary N) is 1. The van der Waals surface area contributed by atoms with Gasteiger partial charge in [0.2, 0.25) is 0 Å². The van der Waals surface area contributed by atoms with Gasteiger partial charge in [-0.25, -0.2) is 4.98 Å². The Bertz CT molecular complexity index is 856. The van der Waals surface area contributed by atoms with Gasteiger partial charge in [0.15, 0.2) is 0 Å². The van der Waals surface area contributed by atoms with E-state index in [-0.39, 0.29) is 0 Å². The first kappa shape index (κ1) is 15.9. The highest BCUT2D eigenvalue weighted by molar-refractivity contribution is 5.71. The summed E-state index contributed by atoms with van der Waals surface area (Å²) in [5, 5.41) is 0. The van der Waals surface area contributed by atoms with Crippen LogP contribution in [-0.4, -0.2) is 9.55 Å². The van der Waals surface area contributed by atoms with Crippen LogP contribution in [0, 0.1) is 0 Å². The fraction of sp³-hybridized carbons (Fsp3) is 0.318. The van der Waals surface area contributed by atoms with Gasteiger partial charge in [-0.15, -0.1) is 0 Å². The molecule has 0 radical (unpaired) electrons. The topological polar surface area (TPSA) is 43.8 Å². The summed E-state index contributed by atoms with van der Waals surface area (Å²) in [6.07, 6.45) is 2.65. The zero-order chi connectivity index (χ0) is 17.4. The lowest BCUT2D eigenvalue weighted by atomic mass is 10.1. The van der Waals surface area contributed by atoms with Gasteiger partial charge in [-0.3, -0.25) is 0 Å². The molecule has 0 spiro atoms. The average Bonchev–Trinajstić information content (AvgIpc) is 3.42. The first-order valence-electron chi connectivity index (χ1n) is 9.13. The normalized spacial score (nSPS) is 14.2. The van der Waals surface area contributed by atoms with Crippen molar-refractivity contribution in [1.82, 2.24) is 9.55 Å². The molecule has 0 atom stereocenters. The van der Waals surface area contributed by atoms with Crippen molar-refractivity contribution in [3.8, 4) is 11.3 Å². The van der Waals surface area contributed by atoms with Crippen molar-refractivity contribution >= 4 is 5.82 Å². The summed E-state index contributed by atoms with van der Waals surface area (Å²) in [7, 11) is 0. The number of rotatable bonds is 5. The molecule has 0 amide bonds. The third-order valence-corrected chi connectivity index (χ3v) is 4.97. The van der Waals surface area contributed by atoms with Gasteiger partial charge in [-0.2, -0.15) is 0 Å². The Morgan fingerprint density at radius 1 is 1.04 bits per heavy atom. The monoisotopic (exact) mass is 331 g/mol. The van der Waals surface area contributed by atoms with Gasteiger partial charge in [0.25, 0.3) is 0 Å². The zero-order valence-corrected chi connectivity index (χ0v) is 14.9. The summed E-state index contributed by atoms with van der Waals surface area (Å²) < 4.78 is 2.16. The Hall–Kier alpha value is -2.55. The highest BCUT2D eigenvalue weighted by Crippen LogP contribution is 2.40. The predicted octanol–water partition coefficient (Wildman–Crippen LogP) is 5.18. The third kappa shape index (κ3) is 3.19. The largest absolute Gasteiger partial charge is 0.383 e. The third-order valence-electron chi connectivity index (χ3n) is 4.97. The number of anilines is 1. The van der Waals surface area contributed by atoms with Gasteiger partial charge in [0, 0.05) is 11.5 Å². The number of hydrogen-bond donors (Lipinski definition) is 1. The Kier molecular flexibility index (Phi) is 4.08. The molecule has 1 aliphatic carbocycles. The lowest BCUT2D eigenvalue weighted by Crippen LogP contribution is -2.09. The molecule has 3 nitrogen and oxygen atoms in total. The number of benzene rings is 2. The molecule has 128 valence electrons. The zero-order valence-electron chi connectivity index (χ0n) is 14.9. The second kappa shape index (κ2) is 6.40. The smallest absolute Gasteiger partial charge is 0.132 e. The van der Waals surface area contributed by atoms with Crippen LogP contribution in [0.2, 0.25) is 0 Å². The molecule has 1 aliphatic rings. The lowest BCUT2D eigenvalue weighted by Gasteiger charge is -2.12. The number of nitrogen functional groups attached to an aromatic ring is 1. The molecule has 4 rings (SSSR count). The molecular weight excluding hydrogens is 306 g/mol. The maximum absolute atomic E-state index is 6.53. The molecule has 1 aromatic heterocycles. The van der Waals surface area contributed by atoms with E-state index in [1.54, 1.807) is 0 Å². The van der Waals surface area contributed by atoms with Gasteiger partial charge in [0.05, 0.1) is 6.54 Å². The Morgan fingerprint density at radius 3 is 2.32 bits per heavy atom. The minimum absolute atomic E-state index is 0.325. The molecule has 1 saturated carbocycles. The second-order valence-corrected chi connectivity index (χ2v) is 7.33. The quantitative estimate of drug-likeness (QED) is 0.700. The fourth-order valence-corrected chi connectivity index (χ4v) is 3.40. The molecule has 3 aromatic rings. The lowest BCUT2D eigenvalue weighted by molar-refractivity contribution is 0.675. The predicted molar refractivity (Wildman–Crippen MR) is 104 cm³/mol. The Labute approximate surface area is 149 Å². The minimum atomic E-state index is 0.325. The Balaban J connectivity index is 1.71. The van der Waals surface area contributed by atoms with E-state index in [2.05, 4.69) is 66.9 Å². The van der Waals surface area contributed by atoms with E-state index >= 15 is 0 Å². The second-order valence-electron chi connectivity index (χ2n) is 7.33. The summed E-state index contributed by atoms with van der Waals surface area (Å²) >= 11 is 0. The summed E-state index contributed by atoms with van der Waals surface area (Å²) in [4.78, 5) is 4.90. The Morgan fingerprint density at radius 2 is 1.72 bits per heavy atom. The molecule has 0 unspecified atom stereocenters. The first-order chi connectivity index (χ1) is 12.1. The van der Waals surface area contributed by atoms with Crippen LogP contribution in [0.1, 0.15) is 55.5 Å². The molecule has 0 bridgehead atoms. The summed E-state index contributed by atoms with van der Waals surface area (Å²) in [5.41, 5.74) is 11.2. The van der Waals surface area contributed by atoms with Crippen LogP contribution in [0.5, 0.6) is 0 Å². The van der Waals surface area contributed by atoms with Crippen LogP contribution < -0.4 is 5.73 Å². The molecule has 0 saturated heterocycles. The van der Waals surface area contributed by atoms with Crippen molar-refractivity contribution in [2.75, 3.05) is 5.73 Å². The van der Waals surface area contributed by atoms with E-state index < -0.39 is 0 Å². The molecule has 2 aromatic carbocycles. The van der Waals surface area contributed by atoms with Crippen molar-refractivity contribution in [2.24, 2.45) is 0 Å². The van der Waals surface area contributed by atoms with E-state index in [1.165, 1.54) is 24.0 Å². The summed E-state index contributed by atoms with van der Waals surface area (Å²) in [6, 6.07) is 19.2. The number of nitrogens with zero attached hydrogens (tertiary/aromatic N) is 2. The SMILES string of the molecule is CC(C)c1nc(-c2ccc(C3CC3)cc2)c(N)n1Cc1ccccc1. The molecular formula is C22H25N3. The maximum atomic E-state index is 6.53. The molecule has 25 heavy (non-hydrogen) atoms. The number of aromatic nitrogens is 2. The fourth-order valence-electron chi connectivity index (χ4n) is 3.40. The standard InChI is InChI=1S/C22H25N3/c1-15(2)22-24-20(19-12-10-18(11-13-19)17-8-9-17)21(23)25(22)14-16-6-4-3-5-7-16/h3-7,10-13,15,17H,8-9,14,23H2,1-2H3. The molecule has 1 heterocycles. The van der Waals surface area contributed by atoms with Crippen LogP contribution in [-0.2, 0) is 6.54 Å². The summed E-state index contributed by atoms with van der Waals surface area (Å²) in [6.45, 7) is 5.10. The van der Waals surface area contributed by atoms with E-state index in [1.807, 2.05) is 6.07 Å². The van der Waals surface area contributed by atoms with E-state index in [0.717, 1.165) is 35.4 Å². The number of imidazole rings is 1. The van der Waals surface area contributed by atoms with Crippen LogP contribution in [0.15, 0.2) is 54.6 Å². The van der Waals surface area contributed by atoms with Crippen LogP contribution >= 0.6 is 0 Å². The molecule has 1 fully saturated rings. The van der Waals surface area contributed by atoms with Crippen LogP contribution in [0.25, 0.3) is 11.3 Å². The molecule has 0 aliphatic heterocycles. The molecule has 3 heteroatoms. The maximum Gasteiger partial charge on any atom is 0.132 e. The van der Waals surface area contributed by atoms with Crippen molar-refractivity contribution < 1.29 is 0 Å². The average molecular weight is 331 g/mol. The van der Waals surface area contributed by atoms with Gasteiger partial charge in [-0.1, -0.05) is 68.4 Å². The highest BCUT2D eigenvalue weighted by Gasteiger charge is 2.24. The molecule has 2 N–H and O–H groups in total. The van der Waals surface area contributed by atoms with E-state index in [9.17, 15) is 0 Å². The van der Waals surface area contributed by atoms with Gasteiger partial charge in [0.1, 0.15) is 17.3 Å². The van der Waals surface area contributed by atoms with E-state index in [0.29, 0.717) is 5.92 Å². The van der Waals surface area contributed by atoms with E-state index in [4.69, 9.17) is 10.7 Å². The van der Waals surface area contributed by atoms with Crippen molar-refractivity contribution in [2.45, 2.75) is 45.1 Å². The highest BCUT2D eigenvalue weighted by atomic mass is 15.1. The van der Waals surface area contributed by atoms with Crippen molar-refractivity contribution in [1.29, 1.82) is 0 Å². The van der Waals surface area contributed by atoms with Crippen molar-refractivity contribution in [3.63, 3.8) is 0 Å².